The molecule has 16 heavy (non-hydrogen) atoms. The molecule has 0 aliphatic carbocycles. The van der Waals surface area contributed by atoms with E-state index in [0.717, 1.165) is 5.56 Å². The van der Waals surface area contributed by atoms with Gasteiger partial charge in [-0.15, -0.1) is 0 Å². The second-order valence-electron chi connectivity index (χ2n) is 3.16. The smallest absolute Gasteiger partial charge is 0.152 e. The molecule has 4 nitrogen and oxygen atoms in total. The van der Waals surface area contributed by atoms with Crippen molar-refractivity contribution < 1.29 is 0 Å². The number of nitrogens with one attached hydrogen (secondary N) is 1. The van der Waals surface area contributed by atoms with Crippen molar-refractivity contribution in [3.63, 3.8) is 0 Å². The van der Waals surface area contributed by atoms with Gasteiger partial charge >= 0.3 is 0 Å². The third-order valence-corrected chi connectivity index (χ3v) is 2.24. The number of nitriles is 1. The number of benzene rings is 1. The Hall–Kier alpha value is -2.41. The van der Waals surface area contributed by atoms with E-state index in [1.807, 2.05) is 18.2 Å². The average molecular weight is 210 g/mol. The lowest BCUT2D eigenvalue weighted by atomic mass is 10.1. The van der Waals surface area contributed by atoms with Crippen molar-refractivity contribution in [3.05, 3.63) is 42.2 Å². The lowest BCUT2D eigenvalue weighted by Gasteiger charge is -2.07. The average Bonchev–Trinajstić information content (AvgIpc) is 2.38. The molecule has 0 spiro atoms. The fourth-order valence-corrected chi connectivity index (χ4v) is 1.51. The Kier molecular flexibility index (Phi) is 2.79. The molecular formula is C12H10N4. The Bertz CT molecular complexity index is 543. The summed E-state index contributed by atoms with van der Waals surface area (Å²) in [7, 11) is 1.78. The Labute approximate surface area is 93.6 Å². The summed E-state index contributed by atoms with van der Waals surface area (Å²) >= 11 is 0. The van der Waals surface area contributed by atoms with Crippen molar-refractivity contribution in [2.45, 2.75) is 0 Å². The van der Waals surface area contributed by atoms with Crippen LogP contribution in [0.3, 0.4) is 0 Å². The fraction of sp³-hybridized carbons (Fsp3) is 0.0833. The minimum Gasteiger partial charge on any atom is -0.371 e. The van der Waals surface area contributed by atoms with Gasteiger partial charge in [-0.05, 0) is 6.07 Å². The van der Waals surface area contributed by atoms with Crippen molar-refractivity contribution in [1.82, 2.24) is 9.97 Å². The Balaban J connectivity index is 2.64. The summed E-state index contributed by atoms with van der Waals surface area (Å²) in [6.07, 6.45) is 3.23. The van der Waals surface area contributed by atoms with Gasteiger partial charge in [0, 0.05) is 25.0 Å². The van der Waals surface area contributed by atoms with Crippen LogP contribution < -0.4 is 5.32 Å². The quantitative estimate of drug-likeness (QED) is 0.824. The maximum absolute atomic E-state index is 9.02. The van der Waals surface area contributed by atoms with Crippen LogP contribution in [0.2, 0.25) is 0 Å². The summed E-state index contributed by atoms with van der Waals surface area (Å²) in [5.41, 5.74) is 2.09. The van der Waals surface area contributed by atoms with E-state index in [1.54, 1.807) is 25.5 Å². The van der Waals surface area contributed by atoms with Crippen molar-refractivity contribution in [3.8, 4) is 17.3 Å². The molecule has 2 aromatic rings. The maximum Gasteiger partial charge on any atom is 0.152 e. The first-order valence-corrected chi connectivity index (χ1v) is 4.85. The minimum absolute atomic E-state index is 0.597. The number of rotatable bonds is 2. The maximum atomic E-state index is 9.02. The fourth-order valence-electron chi connectivity index (χ4n) is 1.51. The molecule has 1 aromatic carbocycles. The summed E-state index contributed by atoms with van der Waals surface area (Å²) < 4.78 is 0. The van der Waals surface area contributed by atoms with Gasteiger partial charge in [-0.2, -0.15) is 5.26 Å². The van der Waals surface area contributed by atoms with Gasteiger partial charge in [0.25, 0.3) is 0 Å². The Morgan fingerprint density at radius 1 is 1.19 bits per heavy atom. The van der Waals surface area contributed by atoms with Crippen LogP contribution in [0.15, 0.2) is 36.7 Å². The molecule has 0 amide bonds. The lowest BCUT2D eigenvalue weighted by Crippen LogP contribution is -1.98. The normalized spacial score (nSPS) is 9.50. The van der Waals surface area contributed by atoms with Crippen LogP contribution in [0.25, 0.3) is 11.3 Å². The first kappa shape index (κ1) is 10.1. The Morgan fingerprint density at radius 3 is 2.69 bits per heavy atom. The molecule has 1 N–H and O–H groups in total. The monoisotopic (exact) mass is 210 g/mol. The summed E-state index contributed by atoms with van der Waals surface area (Å²) in [5, 5.41) is 12.0. The predicted molar refractivity (Wildman–Crippen MR) is 61.7 cm³/mol. The minimum atomic E-state index is 0.597. The van der Waals surface area contributed by atoms with Crippen LogP contribution in [0.5, 0.6) is 0 Å². The van der Waals surface area contributed by atoms with E-state index >= 15 is 0 Å². The van der Waals surface area contributed by atoms with Crippen LogP contribution in [0, 0.1) is 11.3 Å². The van der Waals surface area contributed by atoms with Gasteiger partial charge in [-0.25, -0.2) is 4.98 Å². The molecular weight excluding hydrogens is 200 g/mol. The lowest BCUT2D eigenvalue weighted by molar-refractivity contribution is 1.19. The van der Waals surface area contributed by atoms with Crippen molar-refractivity contribution in [2.75, 3.05) is 12.4 Å². The van der Waals surface area contributed by atoms with E-state index in [0.29, 0.717) is 17.1 Å². The number of anilines is 1. The highest BCUT2D eigenvalue weighted by Gasteiger charge is 2.09. The summed E-state index contributed by atoms with van der Waals surface area (Å²) in [6, 6.07) is 9.49. The highest BCUT2D eigenvalue weighted by Crippen LogP contribution is 2.25. The number of aromatic nitrogens is 2. The Morgan fingerprint density at radius 2 is 1.94 bits per heavy atom. The molecule has 4 heteroatoms. The van der Waals surface area contributed by atoms with Gasteiger partial charge in [0.2, 0.25) is 0 Å². The van der Waals surface area contributed by atoms with Crippen LogP contribution >= 0.6 is 0 Å². The van der Waals surface area contributed by atoms with Gasteiger partial charge < -0.3 is 5.32 Å². The molecule has 0 unspecified atom stereocenters. The zero-order valence-electron chi connectivity index (χ0n) is 8.81. The molecule has 0 radical (unpaired) electrons. The van der Waals surface area contributed by atoms with Crippen LogP contribution in [0.4, 0.5) is 5.82 Å². The van der Waals surface area contributed by atoms with E-state index in [4.69, 9.17) is 5.26 Å². The zero-order chi connectivity index (χ0) is 11.4. The van der Waals surface area contributed by atoms with Crippen molar-refractivity contribution in [2.24, 2.45) is 0 Å². The molecule has 0 saturated carbocycles. The molecule has 0 atom stereocenters. The molecule has 1 aromatic heterocycles. The highest BCUT2D eigenvalue weighted by molar-refractivity contribution is 5.75. The van der Waals surface area contributed by atoms with Gasteiger partial charge in [0.05, 0.1) is 11.6 Å². The summed E-state index contributed by atoms with van der Waals surface area (Å²) in [4.78, 5) is 8.42. The molecule has 0 saturated heterocycles. The van der Waals surface area contributed by atoms with E-state index in [9.17, 15) is 0 Å². The first-order valence-electron chi connectivity index (χ1n) is 4.85. The number of hydrogen-bond donors (Lipinski definition) is 1. The molecule has 0 aliphatic heterocycles. The molecule has 0 bridgehead atoms. The van der Waals surface area contributed by atoms with E-state index in [-0.39, 0.29) is 0 Å². The highest BCUT2D eigenvalue weighted by atomic mass is 15.0. The SMILES string of the molecule is CNc1nccnc1-c1ccccc1C#N. The third kappa shape index (κ3) is 1.71. The predicted octanol–water partition coefficient (Wildman–Crippen LogP) is 2.06. The molecule has 2 rings (SSSR count). The van der Waals surface area contributed by atoms with Crippen LogP contribution in [-0.4, -0.2) is 17.0 Å². The summed E-state index contributed by atoms with van der Waals surface area (Å²) in [5.74, 6) is 0.671. The topological polar surface area (TPSA) is 61.6 Å². The zero-order valence-corrected chi connectivity index (χ0v) is 8.81. The van der Waals surface area contributed by atoms with Gasteiger partial charge in [0.15, 0.2) is 5.82 Å². The summed E-state index contributed by atoms with van der Waals surface area (Å²) in [6.45, 7) is 0. The third-order valence-electron chi connectivity index (χ3n) is 2.24. The number of hydrogen-bond acceptors (Lipinski definition) is 4. The van der Waals surface area contributed by atoms with Crippen molar-refractivity contribution in [1.29, 1.82) is 5.26 Å². The first-order chi connectivity index (χ1) is 7.86. The van der Waals surface area contributed by atoms with Crippen LogP contribution in [0.1, 0.15) is 5.56 Å². The molecule has 1 heterocycles. The number of nitrogens with zero attached hydrogens (tertiary/aromatic N) is 3. The van der Waals surface area contributed by atoms with E-state index in [2.05, 4.69) is 21.4 Å². The molecule has 0 fully saturated rings. The van der Waals surface area contributed by atoms with Gasteiger partial charge in [-0.1, -0.05) is 18.2 Å². The van der Waals surface area contributed by atoms with Crippen LogP contribution in [-0.2, 0) is 0 Å². The van der Waals surface area contributed by atoms with Gasteiger partial charge in [0.1, 0.15) is 5.69 Å². The largest absolute Gasteiger partial charge is 0.371 e. The van der Waals surface area contributed by atoms with E-state index < -0.39 is 0 Å². The standard InChI is InChI=1S/C12H10N4/c1-14-12-11(15-6-7-16-12)10-5-3-2-4-9(10)8-13/h2-7H,1H3,(H,14,16). The van der Waals surface area contributed by atoms with Crippen molar-refractivity contribution >= 4 is 5.82 Å². The van der Waals surface area contributed by atoms with E-state index in [1.165, 1.54) is 0 Å². The van der Waals surface area contributed by atoms with Gasteiger partial charge in [-0.3, -0.25) is 4.98 Å². The second kappa shape index (κ2) is 4.41. The molecule has 0 aliphatic rings. The molecule has 78 valence electrons. The second-order valence-corrected chi connectivity index (χ2v) is 3.16.